The molecule has 2 saturated heterocycles. The van der Waals surface area contributed by atoms with Crippen LogP contribution in [0, 0.1) is 6.92 Å². The second-order valence-corrected chi connectivity index (χ2v) is 10.5. The van der Waals surface area contributed by atoms with Crippen LogP contribution < -0.4 is 10.6 Å². The maximum absolute atomic E-state index is 6.29. The number of likely N-dealkylation sites (N-methyl/N-ethyl adjacent to an activating group) is 1. The quantitative estimate of drug-likeness (QED) is 0.529. The van der Waals surface area contributed by atoms with Crippen LogP contribution in [0.5, 0.6) is 0 Å². The summed E-state index contributed by atoms with van der Waals surface area (Å²) in [5.41, 5.74) is 11.4. The van der Waals surface area contributed by atoms with E-state index < -0.39 is 0 Å². The lowest BCUT2D eigenvalue weighted by atomic mass is 10.1. The minimum absolute atomic E-state index is 0.692. The molecule has 0 saturated carbocycles. The van der Waals surface area contributed by atoms with Crippen LogP contribution in [-0.2, 0) is 11.3 Å². The van der Waals surface area contributed by atoms with Crippen LogP contribution in [0.2, 0.25) is 0 Å². The third-order valence-corrected chi connectivity index (χ3v) is 7.77. The smallest absolute Gasteiger partial charge is 0.154 e. The summed E-state index contributed by atoms with van der Waals surface area (Å²) in [7, 11) is 2.20. The maximum atomic E-state index is 6.29. The van der Waals surface area contributed by atoms with Gasteiger partial charge in [-0.1, -0.05) is 23.8 Å². The number of hydrogen-bond acceptors (Lipinski definition) is 8. The van der Waals surface area contributed by atoms with Crippen molar-refractivity contribution in [2.24, 2.45) is 10.7 Å². The van der Waals surface area contributed by atoms with Crippen LogP contribution in [-0.4, -0.2) is 80.5 Å². The Morgan fingerprint density at radius 1 is 1.11 bits per heavy atom. The number of nitrogens with zero attached hydrogens (tertiary/aromatic N) is 5. The van der Waals surface area contributed by atoms with Gasteiger partial charge in [0.25, 0.3) is 0 Å². The summed E-state index contributed by atoms with van der Waals surface area (Å²) in [5.74, 6) is 0.705. The number of hydrogen-bond donors (Lipinski definition) is 1. The molecule has 0 spiro atoms. The topological polar surface area (TPSA) is 70.2 Å². The molecule has 0 atom stereocenters. The molecular weight excluding hydrogens is 456 g/mol. The molecule has 35 heavy (non-hydrogen) atoms. The summed E-state index contributed by atoms with van der Waals surface area (Å²) in [6, 6.07) is 12.5. The van der Waals surface area contributed by atoms with Gasteiger partial charge in [0.2, 0.25) is 0 Å². The zero-order valence-electron chi connectivity index (χ0n) is 20.6. The number of anilines is 1. The number of thiophene rings is 1. The predicted octanol–water partition coefficient (Wildman–Crippen LogP) is 3.89. The number of morpholine rings is 1. The van der Waals surface area contributed by atoms with Crippen molar-refractivity contribution in [3.05, 3.63) is 58.5 Å². The van der Waals surface area contributed by atoms with Crippen molar-refractivity contribution in [1.29, 1.82) is 0 Å². The average Bonchev–Trinajstić information content (AvgIpc) is 3.27. The Bertz CT molecular complexity index is 1220. The number of fused-ring (bicyclic) bond motifs is 1. The van der Waals surface area contributed by atoms with E-state index in [0.717, 1.165) is 70.1 Å². The lowest BCUT2D eigenvalue weighted by molar-refractivity contribution is 0.123. The normalized spacial score (nSPS) is 18.7. The van der Waals surface area contributed by atoms with Crippen molar-refractivity contribution in [2.75, 3.05) is 64.4 Å². The highest BCUT2D eigenvalue weighted by Gasteiger charge is 2.20. The first-order valence-corrected chi connectivity index (χ1v) is 13.1. The van der Waals surface area contributed by atoms with Crippen LogP contribution in [0.25, 0.3) is 15.9 Å². The molecule has 184 valence electrons. The Hall–Kier alpha value is -2.78. The van der Waals surface area contributed by atoms with Crippen molar-refractivity contribution in [1.82, 2.24) is 14.8 Å². The van der Waals surface area contributed by atoms with E-state index in [9.17, 15) is 0 Å². The highest BCUT2D eigenvalue weighted by molar-refractivity contribution is 7.19. The Labute approximate surface area is 211 Å². The number of aryl methyl sites for hydroxylation is 1. The summed E-state index contributed by atoms with van der Waals surface area (Å²) < 4.78 is 6.84. The number of aliphatic imine (C=N–C) groups is 1. The summed E-state index contributed by atoms with van der Waals surface area (Å²) in [5, 5.41) is 0. The largest absolute Gasteiger partial charge is 0.398 e. The molecule has 2 aliphatic heterocycles. The first-order chi connectivity index (χ1) is 17.0. The van der Waals surface area contributed by atoms with E-state index >= 15 is 0 Å². The number of ether oxygens (including phenoxy) is 1. The minimum Gasteiger partial charge on any atom is -0.398 e. The standard InChI is InChI=1S/C27H34N6OS/c1-20-4-3-5-21(16-20)23(28)6-7-29-26-18-25(33-12-14-34-15-13-33)27-24(30-26)17-22(35-27)19-32-10-8-31(2)9-11-32/h3-7,16-18H,8-15,19,28H2,1-2H3/b23-6-,29-7?. The number of benzene rings is 1. The van der Waals surface area contributed by atoms with Gasteiger partial charge in [-0.05, 0) is 37.7 Å². The minimum atomic E-state index is 0.692. The molecule has 2 fully saturated rings. The summed E-state index contributed by atoms with van der Waals surface area (Å²) in [4.78, 5) is 18.3. The molecule has 0 amide bonds. The summed E-state index contributed by atoms with van der Waals surface area (Å²) >= 11 is 1.86. The molecule has 2 aliphatic rings. The fourth-order valence-electron chi connectivity index (χ4n) is 4.57. The highest BCUT2D eigenvalue weighted by atomic mass is 32.1. The lowest BCUT2D eigenvalue weighted by Crippen LogP contribution is -2.43. The SMILES string of the molecule is Cc1cccc(/C(N)=C/C=Nc2cc(N3CCOCC3)c3sc(CN4CCN(C)CC4)cc3n2)c1. The van der Waals surface area contributed by atoms with Crippen molar-refractivity contribution in [2.45, 2.75) is 13.5 Å². The Kier molecular flexibility index (Phi) is 7.43. The van der Waals surface area contributed by atoms with Gasteiger partial charge < -0.3 is 20.3 Å². The number of rotatable bonds is 6. The molecule has 0 bridgehead atoms. The number of allylic oxidation sites excluding steroid dienone is 1. The number of nitrogens with two attached hydrogens (primary N) is 1. The second-order valence-electron chi connectivity index (χ2n) is 9.38. The van der Waals surface area contributed by atoms with Gasteiger partial charge in [0.05, 0.1) is 29.1 Å². The number of pyridine rings is 1. The van der Waals surface area contributed by atoms with Gasteiger partial charge in [0.1, 0.15) is 0 Å². The van der Waals surface area contributed by atoms with E-state index in [1.807, 2.05) is 29.5 Å². The van der Waals surface area contributed by atoms with Crippen molar-refractivity contribution >= 4 is 45.0 Å². The highest BCUT2D eigenvalue weighted by Crippen LogP contribution is 2.37. The summed E-state index contributed by atoms with van der Waals surface area (Å²) in [6.45, 7) is 10.8. The van der Waals surface area contributed by atoms with E-state index in [1.165, 1.54) is 20.8 Å². The molecular formula is C27H34N6OS. The van der Waals surface area contributed by atoms with Crippen molar-refractivity contribution < 1.29 is 4.74 Å². The molecule has 5 rings (SSSR count). The monoisotopic (exact) mass is 490 g/mol. The van der Waals surface area contributed by atoms with E-state index in [-0.39, 0.29) is 0 Å². The Morgan fingerprint density at radius 3 is 2.69 bits per heavy atom. The summed E-state index contributed by atoms with van der Waals surface area (Å²) in [6.07, 6.45) is 3.61. The first-order valence-electron chi connectivity index (χ1n) is 12.3. The van der Waals surface area contributed by atoms with E-state index in [2.05, 4.69) is 57.9 Å². The van der Waals surface area contributed by atoms with Crippen LogP contribution >= 0.6 is 11.3 Å². The molecule has 7 nitrogen and oxygen atoms in total. The van der Waals surface area contributed by atoms with Gasteiger partial charge in [0.15, 0.2) is 5.82 Å². The molecule has 1 aromatic carbocycles. The first kappa shape index (κ1) is 23.9. The average molecular weight is 491 g/mol. The fourth-order valence-corrected chi connectivity index (χ4v) is 5.75. The van der Waals surface area contributed by atoms with Gasteiger partial charge in [-0.15, -0.1) is 11.3 Å². The van der Waals surface area contributed by atoms with Gasteiger partial charge in [0, 0.05) is 68.7 Å². The molecule has 0 radical (unpaired) electrons. The molecule has 0 unspecified atom stereocenters. The third-order valence-electron chi connectivity index (χ3n) is 6.64. The van der Waals surface area contributed by atoms with Crippen LogP contribution in [0.15, 0.2) is 47.5 Å². The van der Waals surface area contributed by atoms with E-state index in [4.69, 9.17) is 15.5 Å². The van der Waals surface area contributed by atoms with Gasteiger partial charge in [-0.2, -0.15) is 0 Å². The molecule has 8 heteroatoms. The second kappa shape index (κ2) is 10.9. The number of piperazine rings is 1. The third kappa shape index (κ3) is 5.90. The zero-order chi connectivity index (χ0) is 24.2. The van der Waals surface area contributed by atoms with Gasteiger partial charge >= 0.3 is 0 Å². The van der Waals surface area contributed by atoms with Crippen molar-refractivity contribution in [3.63, 3.8) is 0 Å². The van der Waals surface area contributed by atoms with Crippen molar-refractivity contribution in [3.8, 4) is 0 Å². The zero-order valence-corrected chi connectivity index (χ0v) is 21.4. The van der Waals surface area contributed by atoms with Crippen LogP contribution in [0.3, 0.4) is 0 Å². The van der Waals surface area contributed by atoms with Crippen LogP contribution in [0.1, 0.15) is 16.0 Å². The van der Waals surface area contributed by atoms with E-state index in [0.29, 0.717) is 11.5 Å². The molecule has 0 aliphatic carbocycles. The fraction of sp³-hybridized carbons (Fsp3) is 0.407. The predicted molar refractivity (Wildman–Crippen MR) is 147 cm³/mol. The van der Waals surface area contributed by atoms with Gasteiger partial charge in [-0.3, -0.25) is 4.90 Å². The molecule has 2 aromatic heterocycles. The Morgan fingerprint density at radius 2 is 1.91 bits per heavy atom. The molecule has 4 heterocycles. The van der Waals surface area contributed by atoms with E-state index in [1.54, 1.807) is 6.21 Å². The maximum Gasteiger partial charge on any atom is 0.154 e. The molecule has 3 aromatic rings. The van der Waals surface area contributed by atoms with Crippen LogP contribution in [0.4, 0.5) is 11.5 Å². The van der Waals surface area contributed by atoms with Gasteiger partial charge in [-0.25, -0.2) is 9.98 Å². The Balaban J connectivity index is 1.42. The number of aromatic nitrogens is 1. The molecule has 2 N–H and O–H groups in total. The lowest BCUT2D eigenvalue weighted by Gasteiger charge is -2.31.